The molecule has 2 fully saturated rings. The molecule has 1 heterocycles. The number of nitrogens with zero attached hydrogens (tertiary/aromatic N) is 1. The number of rotatable bonds is 4. The average Bonchev–Trinajstić information content (AvgIpc) is 2.92. The van der Waals surface area contributed by atoms with Crippen molar-refractivity contribution in [1.82, 2.24) is 10.2 Å². The summed E-state index contributed by atoms with van der Waals surface area (Å²) in [5.41, 5.74) is 0. The molecule has 2 aliphatic rings. The maximum atomic E-state index is 12.8. The minimum absolute atomic E-state index is 0.0191. The number of carbonyl (C=O) groups is 2. The van der Waals surface area contributed by atoms with E-state index in [1.165, 1.54) is 0 Å². The van der Waals surface area contributed by atoms with E-state index in [9.17, 15) is 22.8 Å². The van der Waals surface area contributed by atoms with Gasteiger partial charge in [-0.05, 0) is 18.8 Å². The van der Waals surface area contributed by atoms with Gasteiger partial charge in [-0.15, -0.1) is 0 Å². The number of carboxylic acid groups (broad SMARTS) is 1. The Bertz CT molecular complexity index is 427. The van der Waals surface area contributed by atoms with Crippen LogP contribution in [0.1, 0.15) is 26.2 Å². The number of urea groups is 1. The van der Waals surface area contributed by atoms with Crippen LogP contribution in [0.5, 0.6) is 0 Å². The highest BCUT2D eigenvalue weighted by Crippen LogP contribution is 2.38. The number of carboxylic acids is 1. The largest absolute Gasteiger partial charge is 0.481 e. The van der Waals surface area contributed by atoms with Crippen molar-refractivity contribution in [3.63, 3.8) is 0 Å². The molecule has 0 aromatic carbocycles. The van der Waals surface area contributed by atoms with Gasteiger partial charge in [-0.2, -0.15) is 13.2 Å². The molecule has 0 bridgehead atoms. The third-order valence-corrected chi connectivity index (χ3v) is 4.24. The standard InChI is InChI=1S/C13H19F3N2O3/c1-2-3-7-4-10(7)17-12(21)18-5-8(11(19)20)9(6-18)13(14,15)16/h7-10H,2-6H2,1H3,(H,17,21)(H,19,20)/t7?,8-,9-,10?/m1/s1. The highest BCUT2D eigenvalue weighted by Gasteiger charge is 2.54. The molecule has 2 N–H and O–H groups in total. The van der Waals surface area contributed by atoms with Crippen molar-refractivity contribution in [3.8, 4) is 0 Å². The van der Waals surface area contributed by atoms with E-state index < -0.39 is 43.1 Å². The Morgan fingerprint density at radius 1 is 1.33 bits per heavy atom. The topological polar surface area (TPSA) is 69.6 Å². The van der Waals surface area contributed by atoms with Crippen molar-refractivity contribution in [2.45, 2.75) is 38.4 Å². The molecule has 120 valence electrons. The molecular weight excluding hydrogens is 289 g/mol. The van der Waals surface area contributed by atoms with Crippen LogP contribution in [0.3, 0.4) is 0 Å². The number of hydrogen-bond acceptors (Lipinski definition) is 2. The third kappa shape index (κ3) is 3.59. The molecule has 0 spiro atoms. The molecule has 5 nitrogen and oxygen atoms in total. The summed E-state index contributed by atoms with van der Waals surface area (Å²) >= 11 is 0. The van der Waals surface area contributed by atoms with Crippen molar-refractivity contribution < 1.29 is 27.9 Å². The van der Waals surface area contributed by atoms with Gasteiger partial charge in [0.2, 0.25) is 0 Å². The first-order valence-electron chi connectivity index (χ1n) is 7.09. The zero-order valence-corrected chi connectivity index (χ0v) is 11.7. The van der Waals surface area contributed by atoms with Crippen LogP contribution >= 0.6 is 0 Å². The van der Waals surface area contributed by atoms with Crippen LogP contribution in [0, 0.1) is 17.8 Å². The number of likely N-dealkylation sites (tertiary alicyclic amines) is 1. The van der Waals surface area contributed by atoms with Crippen molar-refractivity contribution in [2.24, 2.45) is 17.8 Å². The lowest BCUT2D eigenvalue weighted by molar-refractivity contribution is -0.187. The van der Waals surface area contributed by atoms with Gasteiger partial charge in [-0.1, -0.05) is 13.3 Å². The number of aliphatic carboxylic acids is 1. The summed E-state index contributed by atoms with van der Waals surface area (Å²) in [5.74, 6) is -4.69. The Morgan fingerprint density at radius 2 is 2.00 bits per heavy atom. The van der Waals surface area contributed by atoms with Gasteiger partial charge in [0.15, 0.2) is 0 Å². The average molecular weight is 308 g/mol. The van der Waals surface area contributed by atoms with Crippen LogP contribution in [0.15, 0.2) is 0 Å². The first-order chi connectivity index (χ1) is 9.74. The molecular formula is C13H19F3N2O3. The molecule has 1 aliphatic carbocycles. The Labute approximate surface area is 120 Å². The summed E-state index contributed by atoms with van der Waals surface area (Å²) in [4.78, 5) is 23.9. The molecule has 0 aromatic heterocycles. The molecule has 1 saturated carbocycles. The fraction of sp³-hybridized carbons (Fsp3) is 0.846. The van der Waals surface area contributed by atoms with E-state index in [1.807, 2.05) is 6.92 Å². The van der Waals surface area contributed by atoms with E-state index in [0.29, 0.717) is 5.92 Å². The van der Waals surface area contributed by atoms with Crippen LogP contribution < -0.4 is 5.32 Å². The smallest absolute Gasteiger partial charge is 0.394 e. The number of alkyl halides is 3. The second-order valence-corrected chi connectivity index (χ2v) is 5.84. The maximum absolute atomic E-state index is 12.8. The number of halogens is 3. The van der Waals surface area contributed by atoms with Crippen LogP contribution in [-0.4, -0.2) is 47.3 Å². The lowest BCUT2D eigenvalue weighted by Gasteiger charge is -2.18. The highest BCUT2D eigenvalue weighted by molar-refractivity contribution is 5.78. The molecule has 0 aromatic rings. The second-order valence-electron chi connectivity index (χ2n) is 5.84. The van der Waals surface area contributed by atoms with E-state index in [-0.39, 0.29) is 6.04 Å². The monoisotopic (exact) mass is 308 g/mol. The Hall–Kier alpha value is -1.47. The first-order valence-corrected chi connectivity index (χ1v) is 7.09. The van der Waals surface area contributed by atoms with Crippen molar-refractivity contribution >= 4 is 12.0 Å². The zero-order chi connectivity index (χ0) is 15.8. The van der Waals surface area contributed by atoms with Gasteiger partial charge in [-0.3, -0.25) is 4.79 Å². The Balaban J connectivity index is 1.93. The summed E-state index contributed by atoms with van der Waals surface area (Å²) in [6.07, 6.45) is -1.78. The maximum Gasteiger partial charge on any atom is 0.394 e. The molecule has 1 aliphatic heterocycles. The third-order valence-electron chi connectivity index (χ3n) is 4.24. The predicted molar refractivity (Wildman–Crippen MR) is 67.6 cm³/mol. The van der Waals surface area contributed by atoms with Crippen molar-refractivity contribution in [2.75, 3.05) is 13.1 Å². The molecule has 4 atom stereocenters. The van der Waals surface area contributed by atoms with Crippen molar-refractivity contribution in [3.05, 3.63) is 0 Å². The van der Waals surface area contributed by atoms with Gasteiger partial charge in [0.05, 0.1) is 11.8 Å². The van der Waals surface area contributed by atoms with Gasteiger partial charge in [0.25, 0.3) is 0 Å². The van der Waals surface area contributed by atoms with Gasteiger partial charge >= 0.3 is 18.2 Å². The van der Waals surface area contributed by atoms with Crippen LogP contribution in [0.4, 0.5) is 18.0 Å². The van der Waals surface area contributed by atoms with Gasteiger partial charge in [0.1, 0.15) is 0 Å². The van der Waals surface area contributed by atoms with E-state index in [0.717, 1.165) is 24.2 Å². The van der Waals surface area contributed by atoms with Gasteiger partial charge in [0, 0.05) is 19.1 Å². The summed E-state index contributed by atoms with van der Waals surface area (Å²) in [6, 6.07) is -0.567. The number of carbonyl (C=O) groups excluding carboxylic acids is 1. The molecule has 0 radical (unpaired) electrons. The zero-order valence-electron chi connectivity index (χ0n) is 11.7. The van der Waals surface area contributed by atoms with E-state index in [2.05, 4.69) is 5.32 Å². The van der Waals surface area contributed by atoms with Gasteiger partial charge < -0.3 is 15.3 Å². The normalized spacial score (nSPS) is 32.1. The molecule has 2 unspecified atom stereocenters. The highest BCUT2D eigenvalue weighted by atomic mass is 19.4. The number of amides is 2. The fourth-order valence-corrected chi connectivity index (χ4v) is 2.92. The van der Waals surface area contributed by atoms with Crippen LogP contribution in [0.25, 0.3) is 0 Å². The van der Waals surface area contributed by atoms with Crippen LogP contribution in [0.2, 0.25) is 0 Å². The summed E-state index contributed by atoms with van der Waals surface area (Å²) < 4.78 is 38.5. The molecule has 2 rings (SSSR count). The predicted octanol–water partition coefficient (Wildman–Crippen LogP) is 2.08. The summed E-state index contributed by atoms with van der Waals surface area (Å²) in [5, 5.41) is 11.6. The molecule has 1 saturated heterocycles. The quantitative estimate of drug-likeness (QED) is 0.835. The minimum Gasteiger partial charge on any atom is -0.481 e. The van der Waals surface area contributed by atoms with E-state index in [4.69, 9.17) is 5.11 Å². The van der Waals surface area contributed by atoms with Crippen molar-refractivity contribution in [1.29, 1.82) is 0 Å². The number of nitrogens with one attached hydrogen (secondary N) is 1. The van der Waals surface area contributed by atoms with Crippen LogP contribution in [-0.2, 0) is 4.79 Å². The lowest BCUT2D eigenvalue weighted by atomic mass is 9.96. The minimum atomic E-state index is -4.61. The Morgan fingerprint density at radius 3 is 2.48 bits per heavy atom. The SMILES string of the molecule is CCCC1CC1NC(=O)N1C[C@@H](C(F)(F)F)[C@H](C(=O)O)C1. The Kier molecular flexibility index (Phi) is 4.34. The second kappa shape index (κ2) is 5.73. The fourth-order valence-electron chi connectivity index (χ4n) is 2.92. The molecule has 21 heavy (non-hydrogen) atoms. The summed E-state index contributed by atoms with van der Waals surface area (Å²) in [6.45, 7) is 1.05. The summed E-state index contributed by atoms with van der Waals surface area (Å²) in [7, 11) is 0. The number of hydrogen-bond donors (Lipinski definition) is 2. The molecule has 2 amide bonds. The van der Waals surface area contributed by atoms with Gasteiger partial charge in [-0.25, -0.2) is 4.79 Å². The van der Waals surface area contributed by atoms with E-state index in [1.54, 1.807) is 0 Å². The molecule has 8 heteroatoms. The first kappa shape index (κ1) is 15.9. The van der Waals surface area contributed by atoms with E-state index >= 15 is 0 Å². The lowest BCUT2D eigenvalue weighted by Crippen LogP contribution is -2.41.